The summed E-state index contributed by atoms with van der Waals surface area (Å²) in [7, 11) is 0. The van der Waals surface area contributed by atoms with Gasteiger partial charge in [-0.1, -0.05) is 42.1 Å². The van der Waals surface area contributed by atoms with Crippen molar-refractivity contribution in [2.75, 3.05) is 5.75 Å². The van der Waals surface area contributed by atoms with Crippen molar-refractivity contribution in [1.82, 2.24) is 14.8 Å². The van der Waals surface area contributed by atoms with E-state index in [1.807, 2.05) is 41.8 Å². The van der Waals surface area contributed by atoms with Gasteiger partial charge in [-0.15, -0.1) is 10.2 Å². The molecule has 0 radical (unpaired) electrons. The van der Waals surface area contributed by atoms with Crippen LogP contribution in [-0.2, 0) is 13.0 Å². The van der Waals surface area contributed by atoms with Gasteiger partial charge < -0.3 is 4.57 Å². The van der Waals surface area contributed by atoms with Gasteiger partial charge in [-0.25, -0.2) is 0 Å². The van der Waals surface area contributed by atoms with Gasteiger partial charge in [0.1, 0.15) is 5.82 Å². The van der Waals surface area contributed by atoms with E-state index in [4.69, 9.17) is 0 Å². The first kappa shape index (κ1) is 18.8. The lowest BCUT2D eigenvalue weighted by molar-refractivity contribution is -0.384. The molecule has 0 bridgehead atoms. The monoisotopic (exact) mass is 382 g/mol. The highest BCUT2D eigenvalue weighted by atomic mass is 32.2. The summed E-state index contributed by atoms with van der Waals surface area (Å²) in [5.74, 6) is 0.945. The highest BCUT2D eigenvalue weighted by Gasteiger charge is 2.15. The predicted molar refractivity (Wildman–Crippen MR) is 103 cm³/mol. The van der Waals surface area contributed by atoms with E-state index in [2.05, 4.69) is 10.2 Å². The molecule has 7 nitrogen and oxygen atoms in total. The van der Waals surface area contributed by atoms with Gasteiger partial charge in [0, 0.05) is 30.7 Å². The molecule has 0 fully saturated rings. The number of hydrogen-bond acceptors (Lipinski definition) is 6. The Bertz CT molecular complexity index is 939. The van der Waals surface area contributed by atoms with E-state index in [-0.39, 0.29) is 17.2 Å². The Hall–Kier alpha value is -3.00. The number of carbonyl (C=O) groups is 1. The number of nitro groups is 1. The van der Waals surface area contributed by atoms with Crippen LogP contribution in [-0.4, -0.2) is 31.2 Å². The molecule has 138 valence electrons. The summed E-state index contributed by atoms with van der Waals surface area (Å²) in [6, 6.07) is 15.7. The summed E-state index contributed by atoms with van der Waals surface area (Å²) >= 11 is 1.32. The number of benzene rings is 2. The highest BCUT2D eigenvalue weighted by molar-refractivity contribution is 7.99. The molecule has 1 heterocycles. The number of non-ortho nitro benzene ring substituents is 1. The van der Waals surface area contributed by atoms with Crippen LogP contribution in [0.5, 0.6) is 0 Å². The topological polar surface area (TPSA) is 90.9 Å². The van der Waals surface area contributed by atoms with Crippen LogP contribution in [0.2, 0.25) is 0 Å². The molecule has 0 saturated heterocycles. The summed E-state index contributed by atoms with van der Waals surface area (Å²) < 4.78 is 2.00. The normalized spacial score (nSPS) is 10.7. The fourth-order valence-corrected chi connectivity index (χ4v) is 3.55. The number of Topliss-reactive ketones (excluding diaryl/α,β-unsaturated/α-hetero) is 1. The van der Waals surface area contributed by atoms with Crippen LogP contribution in [0, 0.1) is 10.1 Å². The number of nitro benzene ring substituents is 1. The zero-order valence-corrected chi connectivity index (χ0v) is 15.6. The lowest BCUT2D eigenvalue weighted by Gasteiger charge is -2.07. The Morgan fingerprint density at radius 2 is 1.81 bits per heavy atom. The van der Waals surface area contributed by atoms with Crippen LogP contribution in [0.25, 0.3) is 0 Å². The Morgan fingerprint density at radius 1 is 1.11 bits per heavy atom. The molecule has 0 atom stereocenters. The number of ketones is 1. The molecule has 27 heavy (non-hydrogen) atoms. The molecule has 8 heteroatoms. The summed E-state index contributed by atoms with van der Waals surface area (Å²) in [5, 5.41) is 19.9. The number of aromatic nitrogens is 3. The number of carbonyl (C=O) groups excluding carboxylic acids is 1. The van der Waals surface area contributed by atoms with E-state index in [1.54, 1.807) is 0 Å². The first-order valence-corrected chi connectivity index (χ1v) is 9.43. The standard InChI is InChI=1S/C19H18N4O3S/c1-2-22-18(12-14-6-4-3-5-7-14)20-21-19(22)27-13-17(24)15-8-10-16(11-9-15)23(25)26/h3-11H,2,12-13H2,1H3. The third-order valence-corrected chi connectivity index (χ3v) is 5.01. The highest BCUT2D eigenvalue weighted by Crippen LogP contribution is 2.21. The zero-order chi connectivity index (χ0) is 19.2. The van der Waals surface area contributed by atoms with Crippen molar-refractivity contribution in [3.63, 3.8) is 0 Å². The average Bonchev–Trinajstić information content (AvgIpc) is 3.08. The fraction of sp³-hybridized carbons (Fsp3) is 0.211. The molecule has 0 saturated carbocycles. The number of rotatable bonds is 8. The minimum absolute atomic E-state index is 0.0320. The Labute approximate surface area is 160 Å². The number of hydrogen-bond donors (Lipinski definition) is 0. The second-order valence-electron chi connectivity index (χ2n) is 5.82. The predicted octanol–water partition coefficient (Wildman–Crippen LogP) is 3.77. The Morgan fingerprint density at radius 3 is 2.44 bits per heavy atom. The fourth-order valence-electron chi connectivity index (χ4n) is 2.64. The molecule has 0 spiro atoms. The van der Waals surface area contributed by atoms with Crippen molar-refractivity contribution >= 4 is 23.2 Å². The minimum Gasteiger partial charge on any atom is -0.306 e. The van der Waals surface area contributed by atoms with Gasteiger partial charge in [-0.2, -0.15) is 0 Å². The molecule has 0 amide bonds. The van der Waals surface area contributed by atoms with Crippen molar-refractivity contribution in [2.45, 2.75) is 25.0 Å². The number of thioether (sulfide) groups is 1. The molecule has 0 unspecified atom stereocenters. The smallest absolute Gasteiger partial charge is 0.269 e. The van der Waals surface area contributed by atoms with Gasteiger partial charge in [-0.3, -0.25) is 14.9 Å². The van der Waals surface area contributed by atoms with Crippen molar-refractivity contribution < 1.29 is 9.72 Å². The third kappa shape index (κ3) is 4.59. The summed E-state index contributed by atoms with van der Waals surface area (Å²) in [4.78, 5) is 22.6. The summed E-state index contributed by atoms with van der Waals surface area (Å²) in [6.45, 7) is 2.73. The van der Waals surface area contributed by atoms with Crippen LogP contribution in [0.15, 0.2) is 59.8 Å². The molecular weight excluding hydrogens is 364 g/mol. The zero-order valence-electron chi connectivity index (χ0n) is 14.7. The summed E-state index contributed by atoms with van der Waals surface area (Å²) in [6.07, 6.45) is 0.679. The van der Waals surface area contributed by atoms with Gasteiger partial charge in [0.2, 0.25) is 0 Å². The minimum atomic E-state index is -0.485. The van der Waals surface area contributed by atoms with Crippen LogP contribution >= 0.6 is 11.8 Å². The second kappa shape index (κ2) is 8.59. The van der Waals surface area contributed by atoms with Crippen molar-refractivity contribution in [1.29, 1.82) is 0 Å². The third-order valence-electron chi connectivity index (χ3n) is 4.05. The lowest BCUT2D eigenvalue weighted by atomic mass is 10.1. The van der Waals surface area contributed by atoms with Gasteiger partial charge >= 0.3 is 0 Å². The molecular formula is C19H18N4O3S. The van der Waals surface area contributed by atoms with Crippen molar-refractivity contribution in [2.24, 2.45) is 0 Å². The molecule has 3 aromatic rings. The molecule has 0 aliphatic rings. The van der Waals surface area contributed by atoms with Crippen LogP contribution in [0.1, 0.15) is 28.7 Å². The van der Waals surface area contributed by atoms with Gasteiger partial charge in [0.05, 0.1) is 10.7 Å². The number of nitrogens with zero attached hydrogens (tertiary/aromatic N) is 4. The molecule has 0 N–H and O–H groups in total. The van der Waals surface area contributed by atoms with E-state index < -0.39 is 4.92 Å². The second-order valence-corrected chi connectivity index (χ2v) is 6.76. The Kier molecular flexibility index (Phi) is 5.97. The van der Waals surface area contributed by atoms with Crippen molar-refractivity contribution in [3.8, 4) is 0 Å². The van der Waals surface area contributed by atoms with Gasteiger partial charge in [-0.05, 0) is 24.6 Å². The molecule has 2 aromatic carbocycles. The molecule has 3 rings (SSSR count). The van der Waals surface area contributed by atoms with E-state index in [1.165, 1.54) is 36.0 Å². The van der Waals surface area contributed by atoms with E-state index >= 15 is 0 Å². The average molecular weight is 382 g/mol. The maximum atomic E-state index is 12.3. The van der Waals surface area contributed by atoms with Gasteiger partial charge in [0.15, 0.2) is 10.9 Å². The maximum Gasteiger partial charge on any atom is 0.269 e. The molecule has 0 aliphatic heterocycles. The SMILES string of the molecule is CCn1c(Cc2ccccc2)nnc1SCC(=O)c1ccc([N+](=O)[O-])cc1. The van der Waals surface area contributed by atoms with Crippen LogP contribution in [0.4, 0.5) is 5.69 Å². The van der Waals surface area contributed by atoms with Crippen LogP contribution in [0.3, 0.4) is 0 Å². The van der Waals surface area contributed by atoms with Crippen LogP contribution < -0.4 is 0 Å². The van der Waals surface area contributed by atoms with E-state index in [0.717, 1.165) is 11.4 Å². The van der Waals surface area contributed by atoms with E-state index in [0.29, 0.717) is 23.7 Å². The Balaban J connectivity index is 1.67. The van der Waals surface area contributed by atoms with Gasteiger partial charge in [0.25, 0.3) is 5.69 Å². The molecule has 0 aliphatic carbocycles. The lowest BCUT2D eigenvalue weighted by Crippen LogP contribution is -2.07. The largest absolute Gasteiger partial charge is 0.306 e. The quantitative estimate of drug-likeness (QED) is 0.255. The first-order chi connectivity index (χ1) is 13.1. The van der Waals surface area contributed by atoms with E-state index in [9.17, 15) is 14.9 Å². The summed E-state index contributed by atoms with van der Waals surface area (Å²) in [5.41, 5.74) is 1.56. The maximum absolute atomic E-state index is 12.3. The van der Waals surface area contributed by atoms with Crippen molar-refractivity contribution in [3.05, 3.63) is 81.7 Å². The first-order valence-electron chi connectivity index (χ1n) is 8.45. The molecule has 1 aromatic heterocycles.